The van der Waals surface area contributed by atoms with E-state index in [1.807, 2.05) is 31.2 Å². The van der Waals surface area contributed by atoms with Crippen molar-refractivity contribution in [2.45, 2.75) is 26.3 Å². The molecule has 0 aliphatic rings. The molecule has 2 rings (SSSR count). The Morgan fingerprint density at radius 2 is 1.68 bits per heavy atom. The van der Waals surface area contributed by atoms with Crippen LogP contribution in [0.1, 0.15) is 29.3 Å². The highest BCUT2D eigenvalue weighted by Gasteiger charge is 2.25. The zero-order valence-corrected chi connectivity index (χ0v) is 16.5. The number of ether oxygens (including phenoxy) is 1. The number of aryl methyl sites for hydroxylation is 1. The lowest BCUT2D eigenvalue weighted by atomic mass is 9.95. The average molecular weight is 405 g/mol. The van der Waals surface area contributed by atoms with Gasteiger partial charge >= 0.3 is 5.97 Å². The highest BCUT2D eigenvalue weighted by molar-refractivity contribution is 7.85. The van der Waals surface area contributed by atoms with Crippen LogP contribution in [0.3, 0.4) is 0 Å². The largest absolute Gasteiger partial charge is 0.464 e. The number of hydrogen-bond donors (Lipinski definition) is 2. The molecule has 0 heterocycles. The van der Waals surface area contributed by atoms with Gasteiger partial charge in [0.05, 0.1) is 12.4 Å². The Balaban J connectivity index is 2.31. The molecule has 0 spiro atoms. The topological polar surface area (TPSA) is 110 Å². The molecule has 150 valence electrons. The van der Waals surface area contributed by atoms with Gasteiger partial charge in [0.1, 0.15) is 6.04 Å². The minimum absolute atomic E-state index is 0.0802. The van der Waals surface area contributed by atoms with Gasteiger partial charge in [-0.25, -0.2) is 4.79 Å². The Morgan fingerprint density at radius 1 is 1.07 bits per heavy atom. The van der Waals surface area contributed by atoms with E-state index in [0.29, 0.717) is 11.1 Å². The summed E-state index contributed by atoms with van der Waals surface area (Å²) < 4.78 is 35.9. The zero-order chi connectivity index (χ0) is 20.7. The fourth-order valence-corrected chi connectivity index (χ4v) is 3.32. The summed E-state index contributed by atoms with van der Waals surface area (Å²) in [6.45, 7) is 3.61. The van der Waals surface area contributed by atoms with E-state index in [4.69, 9.17) is 9.29 Å². The first-order chi connectivity index (χ1) is 13.2. The van der Waals surface area contributed by atoms with Crippen LogP contribution < -0.4 is 5.32 Å². The summed E-state index contributed by atoms with van der Waals surface area (Å²) in [4.78, 5) is 25.0. The summed E-state index contributed by atoms with van der Waals surface area (Å²) in [5.74, 6) is -1.96. The van der Waals surface area contributed by atoms with E-state index in [-0.39, 0.29) is 13.0 Å². The van der Waals surface area contributed by atoms with Gasteiger partial charge in [0, 0.05) is 5.56 Å². The minimum atomic E-state index is -4.28. The zero-order valence-electron chi connectivity index (χ0n) is 15.7. The maximum Gasteiger partial charge on any atom is 0.328 e. The van der Waals surface area contributed by atoms with Crippen molar-refractivity contribution in [2.75, 3.05) is 12.4 Å². The molecule has 0 aromatic heterocycles. The van der Waals surface area contributed by atoms with E-state index < -0.39 is 33.8 Å². The molecule has 0 saturated carbocycles. The van der Waals surface area contributed by atoms with Crippen molar-refractivity contribution in [3.05, 3.63) is 59.7 Å². The molecule has 0 fully saturated rings. The van der Waals surface area contributed by atoms with Crippen molar-refractivity contribution in [1.29, 1.82) is 0 Å². The number of nitrogens with one attached hydrogen (secondary N) is 1. The molecule has 0 unspecified atom stereocenters. The van der Waals surface area contributed by atoms with Crippen molar-refractivity contribution < 1.29 is 27.3 Å². The first kappa shape index (κ1) is 21.6. The van der Waals surface area contributed by atoms with Crippen molar-refractivity contribution in [3.63, 3.8) is 0 Å². The summed E-state index contributed by atoms with van der Waals surface area (Å²) in [7, 11) is -4.28. The first-order valence-electron chi connectivity index (χ1n) is 8.80. The lowest BCUT2D eigenvalue weighted by Crippen LogP contribution is -2.43. The number of carbonyl (C=O) groups excluding carboxylic acids is 2. The Kier molecular flexibility index (Phi) is 7.31. The van der Waals surface area contributed by atoms with Gasteiger partial charge in [0.15, 0.2) is 0 Å². The van der Waals surface area contributed by atoms with Gasteiger partial charge in [0.25, 0.3) is 16.0 Å². The van der Waals surface area contributed by atoms with E-state index in [1.165, 1.54) is 0 Å². The smallest absolute Gasteiger partial charge is 0.328 e. The van der Waals surface area contributed by atoms with E-state index in [1.54, 1.807) is 31.2 Å². The van der Waals surface area contributed by atoms with Crippen molar-refractivity contribution in [2.24, 2.45) is 0 Å². The number of esters is 1. The van der Waals surface area contributed by atoms with Crippen LogP contribution in [0.2, 0.25) is 0 Å². The third-order valence-electron chi connectivity index (χ3n) is 4.15. The van der Waals surface area contributed by atoms with Crippen LogP contribution in [0.15, 0.2) is 48.5 Å². The molecule has 0 bridgehead atoms. The Bertz CT molecular complexity index is 955. The second kappa shape index (κ2) is 9.48. The monoisotopic (exact) mass is 405 g/mol. The van der Waals surface area contributed by atoms with E-state index in [9.17, 15) is 18.0 Å². The average Bonchev–Trinajstić information content (AvgIpc) is 2.65. The fourth-order valence-electron chi connectivity index (χ4n) is 2.79. The molecule has 2 aromatic carbocycles. The maximum atomic E-state index is 12.9. The van der Waals surface area contributed by atoms with Gasteiger partial charge in [-0.1, -0.05) is 42.5 Å². The number of carbonyl (C=O) groups is 2. The molecule has 1 amide bonds. The van der Waals surface area contributed by atoms with Gasteiger partial charge in [-0.2, -0.15) is 8.42 Å². The third-order valence-corrected chi connectivity index (χ3v) is 4.90. The molecule has 2 N–H and O–H groups in total. The SMILES string of the molecule is CCOC(=O)[C@H](CCS(=O)(=O)O)NC(=O)c1ccccc1-c1ccccc1C. The number of benzene rings is 2. The first-order valence-corrected chi connectivity index (χ1v) is 10.4. The number of rotatable bonds is 8. The predicted molar refractivity (Wildman–Crippen MR) is 106 cm³/mol. The molecule has 28 heavy (non-hydrogen) atoms. The second-order valence-corrected chi connectivity index (χ2v) is 7.79. The lowest BCUT2D eigenvalue weighted by molar-refractivity contribution is -0.145. The Hall–Kier alpha value is -2.71. The van der Waals surface area contributed by atoms with Gasteiger partial charge < -0.3 is 10.1 Å². The molecule has 0 radical (unpaired) electrons. The van der Waals surface area contributed by atoms with Crippen LogP contribution in [0.5, 0.6) is 0 Å². The Morgan fingerprint density at radius 3 is 2.29 bits per heavy atom. The van der Waals surface area contributed by atoms with Crippen molar-refractivity contribution in [1.82, 2.24) is 5.32 Å². The molecular weight excluding hydrogens is 382 g/mol. The summed E-state index contributed by atoms with van der Waals surface area (Å²) >= 11 is 0. The second-order valence-electron chi connectivity index (χ2n) is 6.21. The molecule has 8 heteroatoms. The van der Waals surface area contributed by atoms with Gasteiger partial charge in [0.2, 0.25) is 0 Å². The van der Waals surface area contributed by atoms with E-state index in [0.717, 1.165) is 11.1 Å². The van der Waals surface area contributed by atoms with E-state index in [2.05, 4.69) is 5.32 Å². The minimum Gasteiger partial charge on any atom is -0.464 e. The summed E-state index contributed by atoms with van der Waals surface area (Å²) in [6, 6.07) is 13.3. The highest BCUT2D eigenvalue weighted by Crippen LogP contribution is 2.26. The van der Waals surface area contributed by atoms with Crippen LogP contribution in [0, 0.1) is 6.92 Å². The van der Waals surface area contributed by atoms with Crippen LogP contribution in [0.4, 0.5) is 0 Å². The highest BCUT2D eigenvalue weighted by atomic mass is 32.2. The van der Waals surface area contributed by atoms with Gasteiger partial charge in [-0.3, -0.25) is 9.35 Å². The van der Waals surface area contributed by atoms with Crippen molar-refractivity contribution >= 4 is 22.0 Å². The predicted octanol–water partition coefficient (Wildman–Crippen LogP) is 2.60. The molecule has 0 aliphatic carbocycles. The summed E-state index contributed by atoms with van der Waals surface area (Å²) in [5, 5.41) is 2.53. The maximum absolute atomic E-state index is 12.9. The molecule has 2 aromatic rings. The lowest BCUT2D eigenvalue weighted by Gasteiger charge is -2.18. The molecule has 1 atom stereocenters. The number of hydrogen-bond acceptors (Lipinski definition) is 5. The van der Waals surface area contributed by atoms with Crippen LogP contribution in [-0.2, 0) is 19.6 Å². The molecule has 0 saturated heterocycles. The standard InChI is InChI=1S/C20H23NO6S/c1-3-27-20(23)18(12-13-28(24,25)26)21-19(22)17-11-7-6-10-16(17)15-9-5-4-8-14(15)2/h4-11,18H,3,12-13H2,1-2H3,(H,21,22)(H,24,25,26)/t18-/m0/s1. The number of amides is 1. The normalized spacial score (nSPS) is 12.2. The van der Waals surface area contributed by atoms with Crippen LogP contribution >= 0.6 is 0 Å². The van der Waals surface area contributed by atoms with Crippen LogP contribution in [0.25, 0.3) is 11.1 Å². The third kappa shape index (κ3) is 5.90. The molecule has 0 aliphatic heterocycles. The summed E-state index contributed by atoms with van der Waals surface area (Å²) in [6.07, 6.45) is -0.296. The van der Waals surface area contributed by atoms with Gasteiger partial charge in [-0.05, 0) is 43.0 Å². The van der Waals surface area contributed by atoms with Crippen LogP contribution in [-0.4, -0.2) is 43.2 Å². The molecular formula is C20H23NO6S. The Labute approximate surface area is 164 Å². The summed E-state index contributed by atoms with van der Waals surface area (Å²) in [5.41, 5.74) is 2.89. The van der Waals surface area contributed by atoms with E-state index >= 15 is 0 Å². The fraction of sp³-hybridized carbons (Fsp3) is 0.300. The molecule has 7 nitrogen and oxygen atoms in total. The quantitative estimate of drug-likeness (QED) is 0.516. The van der Waals surface area contributed by atoms with Gasteiger partial charge in [-0.15, -0.1) is 0 Å². The van der Waals surface area contributed by atoms with Crippen molar-refractivity contribution in [3.8, 4) is 11.1 Å².